The number of carboxylic acid groups (broad SMARTS) is 1. The zero-order valence-corrected chi connectivity index (χ0v) is 14.1. The Bertz CT molecular complexity index is 882. The predicted octanol–water partition coefficient (Wildman–Crippen LogP) is 4.02. The van der Waals surface area contributed by atoms with Crippen molar-refractivity contribution in [1.82, 2.24) is 4.37 Å². The Morgan fingerprint density at radius 1 is 1.21 bits per heavy atom. The molecule has 0 fully saturated rings. The Labute approximate surface area is 143 Å². The number of H-pyrrole nitrogens is 1. The molecule has 0 aliphatic heterocycles. The SMILES string of the molecule is CCCCc1cc(O)ccc1C(=O)O.O=c1[nH]sc2ccccc12. The van der Waals surface area contributed by atoms with Gasteiger partial charge in [0.05, 0.1) is 15.6 Å². The van der Waals surface area contributed by atoms with E-state index in [1.54, 1.807) is 0 Å². The van der Waals surface area contributed by atoms with Crippen molar-refractivity contribution in [2.75, 3.05) is 0 Å². The van der Waals surface area contributed by atoms with Crippen molar-refractivity contribution in [2.45, 2.75) is 26.2 Å². The molecule has 5 nitrogen and oxygen atoms in total. The Hall–Kier alpha value is -2.60. The van der Waals surface area contributed by atoms with Crippen LogP contribution in [-0.4, -0.2) is 20.6 Å². The van der Waals surface area contributed by atoms with Crippen molar-refractivity contribution in [2.24, 2.45) is 0 Å². The van der Waals surface area contributed by atoms with E-state index in [0.717, 1.165) is 22.9 Å². The molecular formula is C18H19NO4S. The van der Waals surface area contributed by atoms with Crippen LogP contribution >= 0.6 is 11.5 Å². The second kappa shape index (κ2) is 8.31. The van der Waals surface area contributed by atoms with Gasteiger partial charge in [0.2, 0.25) is 0 Å². The largest absolute Gasteiger partial charge is 0.508 e. The lowest BCUT2D eigenvalue weighted by atomic mass is 10.0. The molecule has 3 aromatic rings. The second-order valence-electron chi connectivity index (χ2n) is 5.28. The molecule has 0 amide bonds. The monoisotopic (exact) mass is 345 g/mol. The quantitative estimate of drug-likeness (QED) is 0.666. The predicted molar refractivity (Wildman–Crippen MR) is 96.1 cm³/mol. The standard InChI is InChI=1S/C11H14O3.C7H5NOS/c1-2-3-4-8-7-9(12)5-6-10(8)11(13)14;9-7-5-3-1-2-4-6(5)10-8-7/h5-7,12H,2-4H2,1H3,(H,13,14);1-4H,(H,8,9). The Morgan fingerprint density at radius 2 is 1.96 bits per heavy atom. The van der Waals surface area contributed by atoms with Gasteiger partial charge >= 0.3 is 5.97 Å². The minimum absolute atomic E-state index is 0.0144. The van der Waals surface area contributed by atoms with E-state index in [1.165, 1.54) is 29.7 Å². The molecule has 24 heavy (non-hydrogen) atoms. The Morgan fingerprint density at radius 3 is 2.62 bits per heavy atom. The van der Waals surface area contributed by atoms with Crippen molar-refractivity contribution >= 4 is 27.6 Å². The third-order valence-electron chi connectivity index (χ3n) is 3.50. The molecule has 0 radical (unpaired) electrons. The number of nitrogens with one attached hydrogen (secondary N) is 1. The highest BCUT2D eigenvalue weighted by atomic mass is 32.1. The van der Waals surface area contributed by atoms with E-state index in [1.807, 2.05) is 31.2 Å². The number of hydrogen-bond donors (Lipinski definition) is 3. The lowest BCUT2D eigenvalue weighted by molar-refractivity contribution is 0.0695. The average Bonchev–Trinajstić information content (AvgIpc) is 2.95. The summed E-state index contributed by atoms with van der Waals surface area (Å²) < 4.78 is 3.68. The molecule has 0 bridgehead atoms. The highest BCUT2D eigenvalue weighted by Crippen LogP contribution is 2.18. The molecule has 1 aromatic heterocycles. The van der Waals surface area contributed by atoms with Gasteiger partial charge in [-0.3, -0.25) is 9.17 Å². The van der Waals surface area contributed by atoms with Crippen LogP contribution in [0.5, 0.6) is 5.75 Å². The summed E-state index contributed by atoms with van der Waals surface area (Å²) in [7, 11) is 0. The number of aryl methyl sites for hydroxylation is 1. The number of carbonyl (C=O) groups is 1. The Balaban J connectivity index is 0.000000182. The number of phenols is 1. The van der Waals surface area contributed by atoms with Gasteiger partial charge in [0.15, 0.2) is 0 Å². The summed E-state index contributed by atoms with van der Waals surface area (Å²) in [6.07, 6.45) is 2.64. The van der Waals surface area contributed by atoms with E-state index in [4.69, 9.17) is 5.11 Å². The van der Waals surface area contributed by atoms with Crippen molar-refractivity contribution in [3.05, 3.63) is 63.9 Å². The minimum atomic E-state index is -0.934. The van der Waals surface area contributed by atoms with Crippen LogP contribution < -0.4 is 5.56 Å². The van der Waals surface area contributed by atoms with Crippen molar-refractivity contribution < 1.29 is 15.0 Å². The first-order valence-corrected chi connectivity index (χ1v) is 8.46. The van der Waals surface area contributed by atoms with E-state index in [0.29, 0.717) is 12.0 Å². The van der Waals surface area contributed by atoms with E-state index < -0.39 is 5.97 Å². The summed E-state index contributed by atoms with van der Waals surface area (Å²) in [6, 6.07) is 11.9. The number of hydrogen-bond acceptors (Lipinski definition) is 4. The van der Waals surface area contributed by atoms with Gasteiger partial charge in [0.25, 0.3) is 5.56 Å². The molecule has 126 valence electrons. The van der Waals surface area contributed by atoms with Crippen LogP contribution in [-0.2, 0) is 6.42 Å². The van der Waals surface area contributed by atoms with Crippen molar-refractivity contribution in [3.8, 4) is 5.75 Å². The highest BCUT2D eigenvalue weighted by molar-refractivity contribution is 7.13. The number of rotatable bonds is 4. The molecular weight excluding hydrogens is 326 g/mol. The van der Waals surface area contributed by atoms with E-state index in [-0.39, 0.29) is 16.9 Å². The highest BCUT2D eigenvalue weighted by Gasteiger charge is 2.09. The second-order valence-corrected chi connectivity index (χ2v) is 6.13. The molecule has 1 heterocycles. The molecule has 3 rings (SSSR count). The fourth-order valence-electron chi connectivity index (χ4n) is 2.26. The molecule has 0 spiro atoms. The maximum Gasteiger partial charge on any atom is 0.335 e. The molecule has 0 unspecified atom stereocenters. The van der Waals surface area contributed by atoms with Crippen LogP contribution in [0.15, 0.2) is 47.3 Å². The summed E-state index contributed by atoms with van der Waals surface area (Å²) in [5, 5.41) is 18.9. The summed E-state index contributed by atoms with van der Waals surface area (Å²) in [5.41, 5.74) is 1.01. The molecule has 0 aliphatic rings. The third-order valence-corrected chi connectivity index (χ3v) is 4.37. The molecule has 0 saturated heterocycles. The number of aromatic nitrogens is 1. The third kappa shape index (κ3) is 4.45. The minimum Gasteiger partial charge on any atom is -0.508 e. The number of fused-ring (bicyclic) bond motifs is 1. The van der Waals surface area contributed by atoms with Crippen molar-refractivity contribution in [3.63, 3.8) is 0 Å². The van der Waals surface area contributed by atoms with Gasteiger partial charge in [-0.15, -0.1) is 0 Å². The molecule has 0 saturated carbocycles. The maximum absolute atomic E-state index is 10.9. The van der Waals surface area contributed by atoms with Crippen molar-refractivity contribution in [1.29, 1.82) is 0 Å². The zero-order valence-electron chi connectivity index (χ0n) is 13.3. The fraction of sp³-hybridized carbons (Fsp3) is 0.222. The van der Waals surface area contributed by atoms with Crippen LogP contribution in [0.1, 0.15) is 35.7 Å². The molecule has 6 heteroatoms. The smallest absolute Gasteiger partial charge is 0.335 e. The van der Waals surface area contributed by atoms with Crippen LogP contribution in [0, 0.1) is 0 Å². The van der Waals surface area contributed by atoms with E-state index >= 15 is 0 Å². The molecule has 0 atom stereocenters. The normalized spacial score (nSPS) is 10.2. The number of benzene rings is 2. The van der Waals surface area contributed by atoms with Crippen LogP contribution in [0.4, 0.5) is 0 Å². The van der Waals surface area contributed by atoms with E-state index in [9.17, 15) is 14.7 Å². The number of aromatic hydroxyl groups is 1. The number of unbranched alkanes of at least 4 members (excludes halogenated alkanes) is 1. The molecule has 2 aromatic carbocycles. The van der Waals surface area contributed by atoms with E-state index in [2.05, 4.69) is 4.37 Å². The fourth-order valence-corrected chi connectivity index (χ4v) is 2.99. The maximum atomic E-state index is 10.9. The van der Waals surface area contributed by atoms with Crippen LogP contribution in [0.2, 0.25) is 0 Å². The molecule has 3 N–H and O–H groups in total. The van der Waals surface area contributed by atoms with Gasteiger partial charge in [0, 0.05) is 0 Å². The summed E-state index contributed by atoms with van der Waals surface area (Å²) >= 11 is 1.38. The number of aromatic amines is 1. The Kier molecular flexibility index (Phi) is 6.14. The number of carboxylic acids is 1. The van der Waals surface area contributed by atoms with Gasteiger partial charge in [-0.05, 0) is 48.7 Å². The van der Waals surface area contributed by atoms with Crippen LogP contribution in [0.25, 0.3) is 10.1 Å². The van der Waals surface area contributed by atoms with Gasteiger partial charge in [-0.25, -0.2) is 4.79 Å². The van der Waals surface area contributed by atoms with Gasteiger partial charge in [-0.1, -0.05) is 37.0 Å². The topological polar surface area (TPSA) is 90.4 Å². The zero-order chi connectivity index (χ0) is 17.5. The van der Waals surface area contributed by atoms with Gasteiger partial charge < -0.3 is 10.2 Å². The summed E-state index contributed by atoms with van der Waals surface area (Å²) in [5.74, 6) is -0.808. The summed E-state index contributed by atoms with van der Waals surface area (Å²) in [6.45, 7) is 2.04. The molecule has 0 aliphatic carbocycles. The first-order valence-electron chi connectivity index (χ1n) is 7.64. The summed E-state index contributed by atoms with van der Waals surface area (Å²) in [4.78, 5) is 21.7. The number of phenolic OH excluding ortho intramolecular Hbond substituents is 1. The lowest BCUT2D eigenvalue weighted by Crippen LogP contribution is -2.02. The average molecular weight is 345 g/mol. The van der Waals surface area contributed by atoms with Gasteiger partial charge in [-0.2, -0.15) is 0 Å². The number of aromatic carboxylic acids is 1. The van der Waals surface area contributed by atoms with Crippen LogP contribution in [0.3, 0.4) is 0 Å². The first-order chi connectivity index (χ1) is 11.5. The lowest BCUT2D eigenvalue weighted by Gasteiger charge is -2.05. The first kappa shape index (κ1) is 17.7. The van der Waals surface area contributed by atoms with Gasteiger partial charge in [0.1, 0.15) is 5.75 Å².